The summed E-state index contributed by atoms with van der Waals surface area (Å²) in [5.74, 6) is -0.450. The summed E-state index contributed by atoms with van der Waals surface area (Å²) in [6.07, 6.45) is 0.103. The highest BCUT2D eigenvalue weighted by Crippen LogP contribution is 2.25. The normalized spacial score (nSPS) is 11.5. The minimum absolute atomic E-state index is 0.0726. The molecule has 0 saturated heterocycles. The number of primary amides is 1. The van der Waals surface area contributed by atoms with Gasteiger partial charge in [-0.05, 0) is 19.9 Å². The van der Waals surface area contributed by atoms with Gasteiger partial charge >= 0.3 is 0 Å². The van der Waals surface area contributed by atoms with Crippen LogP contribution in [-0.4, -0.2) is 21.4 Å². The van der Waals surface area contributed by atoms with Gasteiger partial charge in [0.25, 0.3) is 11.7 Å². The Labute approximate surface area is 114 Å². The number of hydrogen-bond donors (Lipinski definition) is 2. The van der Waals surface area contributed by atoms with Crippen molar-refractivity contribution in [3.63, 3.8) is 0 Å². The minimum Gasteiger partial charge on any atom is -0.423 e. The third-order valence-corrected chi connectivity index (χ3v) is 2.64. The molecule has 0 aliphatic heterocycles. The van der Waals surface area contributed by atoms with Crippen LogP contribution in [0.2, 0.25) is 0 Å². The second kappa shape index (κ2) is 4.80. The van der Waals surface area contributed by atoms with Crippen molar-refractivity contribution in [3.8, 4) is 0 Å². The van der Waals surface area contributed by atoms with Crippen LogP contribution in [0, 0.1) is 10.1 Å². The number of aromatic nitrogens is 1. The van der Waals surface area contributed by atoms with Crippen molar-refractivity contribution in [2.24, 2.45) is 5.73 Å². The fraction of sp³-hybridized carbons (Fsp3) is 0.333. The van der Waals surface area contributed by atoms with E-state index in [1.807, 2.05) is 0 Å². The van der Waals surface area contributed by atoms with Crippen LogP contribution >= 0.6 is 0 Å². The van der Waals surface area contributed by atoms with E-state index >= 15 is 0 Å². The molecule has 0 fully saturated rings. The summed E-state index contributed by atoms with van der Waals surface area (Å²) in [5.41, 5.74) is 5.25. The number of carbonyl (C=O) groups excluding carboxylic acids is 1. The van der Waals surface area contributed by atoms with E-state index in [-0.39, 0.29) is 18.1 Å². The van der Waals surface area contributed by atoms with E-state index in [4.69, 9.17) is 10.2 Å². The lowest BCUT2D eigenvalue weighted by Crippen LogP contribution is -2.36. The van der Waals surface area contributed by atoms with E-state index in [1.165, 1.54) is 18.2 Å². The molecule has 2 rings (SSSR count). The number of nitrogens with one attached hydrogen (secondary N) is 1. The summed E-state index contributed by atoms with van der Waals surface area (Å²) in [7, 11) is 0. The topological polar surface area (TPSA) is 124 Å². The van der Waals surface area contributed by atoms with Gasteiger partial charge in [-0.2, -0.15) is 4.98 Å². The fourth-order valence-corrected chi connectivity index (χ4v) is 1.85. The molecule has 1 aromatic carbocycles. The highest BCUT2D eigenvalue weighted by Gasteiger charge is 2.23. The first-order valence-electron chi connectivity index (χ1n) is 5.88. The standard InChI is InChI=1S/C12H14N4O4/c1-12(2,6-10(13)17)15-11-14-8-4-3-7(16(18)19)5-9(8)20-11/h3-5H,6H2,1-2H3,(H2,13,17)(H,14,15). The Morgan fingerprint density at radius 3 is 2.85 bits per heavy atom. The predicted molar refractivity (Wildman–Crippen MR) is 72.2 cm³/mol. The van der Waals surface area contributed by atoms with Crippen LogP contribution in [0.5, 0.6) is 0 Å². The molecular formula is C12H14N4O4. The van der Waals surface area contributed by atoms with E-state index in [1.54, 1.807) is 13.8 Å². The van der Waals surface area contributed by atoms with Crippen molar-refractivity contribution in [2.45, 2.75) is 25.8 Å². The third-order valence-electron chi connectivity index (χ3n) is 2.64. The molecule has 0 unspecified atom stereocenters. The Kier molecular flexibility index (Phi) is 3.31. The predicted octanol–water partition coefficient (Wildman–Crippen LogP) is 1.80. The molecular weight excluding hydrogens is 264 g/mol. The Morgan fingerprint density at radius 1 is 1.55 bits per heavy atom. The molecule has 0 atom stereocenters. The molecule has 1 amide bonds. The molecule has 0 spiro atoms. The van der Waals surface area contributed by atoms with E-state index in [0.717, 1.165) is 0 Å². The lowest BCUT2D eigenvalue weighted by Gasteiger charge is -2.23. The Hall–Kier alpha value is -2.64. The number of anilines is 1. The van der Waals surface area contributed by atoms with Gasteiger partial charge in [0.1, 0.15) is 5.52 Å². The van der Waals surface area contributed by atoms with Crippen LogP contribution in [0.1, 0.15) is 20.3 Å². The summed E-state index contributed by atoms with van der Waals surface area (Å²) in [6.45, 7) is 3.55. The maximum Gasteiger partial charge on any atom is 0.296 e. The molecule has 106 valence electrons. The zero-order chi connectivity index (χ0) is 14.9. The van der Waals surface area contributed by atoms with E-state index in [2.05, 4.69) is 10.3 Å². The number of nitrogens with two attached hydrogens (primary N) is 1. The van der Waals surface area contributed by atoms with Crippen LogP contribution in [0.3, 0.4) is 0 Å². The van der Waals surface area contributed by atoms with Gasteiger partial charge in [-0.3, -0.25) is 14.9 Å². The largest absolute Gasteiger partial charge is 0.423 e. The van der Waals surface area contributed by atoms with Gasteiger partial charge in [0.15, 0.2) is 5.58 Å². The molecule has 0 radical (unpaired) electrons. The van der Waals surface area contributed by atoms with Gasteiger partial charge in [-0.25, -0.2) is 0 Å². The Balaban J connectivity index is 2.28. The van der Waals surface area contributed by atoms with E-state index in [9.17, 15) is 14.9 Å². The first-order chi connectivity index (χ1) is 9.27. The second-order valence-electron chi connectivity index (χ2n) is 5.08. The van der Waals surface area contributed by atoms with Gasteiger partial charge in [0.2, 0.25) is 5.91 Å². The maximum atomic E-state index is 11.0. The molecule has 1 aromatic heterocycles. The van der Waals surface area contributed by atoms with Crippen molar-refractivity contribution >= 4 is 28.7 Å². The van der Waals surface area contributed by atoms with Gasteiger partial charge in [0, 0.05) is 18.0 Å². The highest BCUT2D eigenvalue weighted by atomic mass is 16.6. The zero-order valence-electron chi connectivity index (χ0n) is 11.0. The number of non-ortho nitro benzene ring substituents is 1. The highest BCUT2D eigenvalue weighted by molar-refractivity contribution is 5.78. The number of amides is 1. The SMILES string of the molecule is CC(C)(CC(N)=O)Nc1nc2ccc([N+](=O)[O-])cc2o1. The first kappa shape index (κ1) is 13.8. The van der Waals surface area contributed by atoms with Crippen LogP contribution in [0.25, 0.3) is 11.1 Å². The van der Waals surface area contributed by atoms with Gasteiger partial charge in [-0.1, -0.05) is 0 Å². The van der Waals surface area contributed by atoms with Gasteiger partial charge < -0.3 is 15.5 Å². The number of nitrogens with zero attached hydrogens (tertiary/aromatic N) is 2. The van der Waals surface area contributed by atoms with Crippen molar-refractivity contribution in [1.29, 1.82) is 0 Å². The lowest BCUT2D eigenvalue weighted by molar-refractivity contribution is -0.384. The van der Waals surface area contributed by atoms with E-state index in [0.29, 0.717) is 11.1 Å². The molecule has 0 saturated carbocycles. The summed E-state index contributed by atoms with van der Waals surface area (Å²) >= 11 is 0. The summed E-state index contributed by atoms with van der Waals surface area (Å²) in [4.78, 5) is 25.3. The van der Waals surface area contributed by atoms with Crippen LogP contribution in [-0.2, 0) is 4.79 Å². The number of rotatable bonds is 5. The number of hydrogen-bond acceptors (Lipinski definition) is 6. The molecule has 0 aliphatic carbocycles. The average Bonchev–Trinajstić information content (AvgIpc) is 2.66. The molecule has 1 heterocycles. The summed E-state index contributed by atoms with van der Waals surface area (Å²) in [6, 6.07) is 4.34. The summed E-state index contributed by atoms with van der Waals surface area (Å²) < 4.78 is 5.40. The van der Waals surface area contributed by atoms with Crippen molar-refractivity contribution in [1.82, 2.24) is 4.98 Å². The van der Waals surface area contributed by atoms with E-state index < -0.39 is 16.4 Å². The van der Waals surface area contributed by atoms with Crippen molar-refractivity contribution in [2.75, 3.05) is 5.32 Å². The summed E-state index contributed by atoms with van der Waals surface area (Å²) in [5, 5.41) is 13.6. The number of nitro groups is 1. The minimum atomic E-state index is -0.626. The van der Waals surface area contributed by atoms with Crippen LogP contribution in [0.15, 0.2) is 22.6 Å². The fourth-order valence-electron chi connectivity index (χ4n) is 1.85. The molecule has 0 bridgehead atoms. The Bertz CT molecular complexity index is 677. The van der Waals surface area contributed by atoms with Crippen LogP contribution < -0.4 is 11.1 Å². The molecule has 8 nitrogen and oxygen atoms in total. The second-order valence-corrected chi connectivity index (χ2v) is 5.08. The van der Waals surface area contributed by atoms with Crippen molar-refractivity contribution < 1.29 is 14.1 Å². The van der Waals surface area contributed by atoms with Crippen molar-refractivity contribution in [3.05, 3.63) is 28.3 Å². The maximum absolute atomic E-state index is 11.0. The number of carbonyl (C=O) groups is 1. The molecule has 0 aliphatic rings. The third kappa shape index (κ3) is 3.02. The monoisotopic (exact) mass is 278 g/mol. The lowest BCUT2D eigenvalue weighted by atomic mass is 10.0. The molecule has 3 N–H and O–H groups in total. The zero-order valence-corrected chi connectivity index (χ0v) is 11.0. The average molecular weight is 278 g/mol. The van der Waals surface area contributed by atoms with Gasteiger partial charge in [-0.15, -0.1) is 0 Å². The number of nitro benzene ring substituents is 1. The molecule has 2 aromatic rings. The number of fused-ring (bicyclic) bond motifs is 1. The quantitative estimate of drug-likeness (QED) is 0.634. The molecule has 20 heavy (non-hydrogen) atoms. The first-order valence-corrected chi connectivity index (χ1v) is 5.88. The Morgan fingerprint density at radius 2 is 2.25 bits per heavy atom. The number of oxazole rings is 1. The smallest absolute Gasteiger partial charge is 0.296 e. The van der Waals surface area contributed by atoms with Crippen LogP contribution in [0.4, 0.5) is 11.7 Å². The molecule has 8 heteroatoms. The number of benzene rings is 1. The van der Waals surface area contributed by atoms with Gasteiger partial charge in [0.05, 0.1) is 11.0 Å².